The molecule has 126 valence electrons. The second kappa shape index (κ2) is 7.45. The van der Waals surface area contributed by atoms with Crippen LogP contribution in [0.2, 0.25) is 0 Å². The maximum atomic E-state index is 12.5. The average Bonchev–Trinajstić information content (AvgIpc) is 3.05. The van der Waals surface area contributed by atoms with E-state index >= 15 is 0 Å². The number of rotatable bonds is 4. The van der Waals surface area contributed by atoms with Crippen LogP contribution in [0.1, 0.15) is 29.5 Å². The van der Waals surface area contributed by atoms with Crippen LogP contribution >= 0.6 is 0 Å². The predicted molar refractivity (Wildman–Crippen MR) is 93.7 cm³/mol. The first kappa shape index (κ1) is 16.5. The standard InChI is InChI=1S/C19H29N3O/c1-15-3-4-17(16(2)13-15)5-6-19(23)22-10-7-18(14-22)21-11-8-20-9-12-21/h3-4,13,18,20H,5-12,14H2,1-2H3. The largest absolute Gasteiger partial charge is 0.341 e. The van der Waals surface area contributed by atoms with E-state index in [0.717, 1.165) is 52.1 Å². The first-order valence-electron chi connectivity index (χ1n) is 8.92. The number of hydrogen-bond acceptors (Lipinski definition) is 3. The minimum absolute atomic E-state index is 0.322. The fourth-order valence-electron chi connectivity index (χ4n) is 3.84. The molecule has 1 aromatic rings. The molecule has 0 radical (unpaired) electrons. The van der Waals surface area contributed by atoms with Gasteiger partial charge in [-0.05, 0) is 37.8 Å². The van der Waals surface area contributed by atoms with Crippen molar-refractivity contribution in [2.45, 2.75) is 39.2 Å². The third-order valence-electron chi connectivity index (χ3n) is 5.29. The Morgan fingerprint density at radius 1 is 1.22 bits per heavy atom. The average molecular weight is 315 g/mol. The number of benzene rings is 1. The van der Waals surface area contributed by atoms with Crippen LogP contribution in [0.25, 0.3) is 0 Å². The van der Waals surface area contributed by atoms with E-state index in [2.05, 4.69) is 47.2 Å². The van der Waals surface area contributed by atoms with Gasteiger partial charge in [0.25, 0.3) is 0 Å². The summed E-state index contributed by atoms with van der Waals surface area (Å²) in [6, 6.07) is 7.09. The van der Waals surface area contributed by atoms with Gasteiger partial charge in [0.1, 0.15) is 0 Å². The summed E-state index contributed by atoms with van der Waals surface area (Å²) in [5.41, 5.74) is 3.90. The van der Waals surface area contributed by atoms with E-state index < -0.39 is 0 Å². The summed E-state index contributed by atoms with van der Waals surface area (Å²) < 4.78 is 0. The number of likely N-dealkylation sites (tertiary alicyclic amines) is 1. The lowest BCUT2D eigenvalue weighted by Crippen LogP contribution is -2.49. The number of carbonyl (C=O) groups excluding carboxylic acids is 1. The number of aryl methyl sites for hydroxylation is 3. The van der Waals surface area contributed by atoms with E-state index in [1.807, 2.05) is 0 Å². The lowest BCUT2D eigenvalue weighted by Gasteiger charge is -2.32. The van der Waals surface area contributed by atoms with Crippen LogP contribution in [0.15, 0.2) is 18.2 Å². The van der Waals surface area contributed by atoms with E-state index in [-0.39, 0.29) is 0 Å². The van der Waals surface area contributed by atoms with Crippen molar-refractivity contribution in [2.75, 3.05) is 39.3 Å². The number of amides is 1. The molecule has 0 aromatic heterocycles. The topological polar surface area (TPSA) is 35.6 Å². The third kappa shape index (κ3) is 4.12. The molecule has 0 saturated carbocycles. The second-order valence-electron chi connectivity index (χ2n) is 7.00. The molecule has 2 heterocycles. The van der Waals surface area contributed by atoms with E-state index in [4.69, 9.17) is 0 Å². The zero-order valence-electron chi connectivity index (χ0n) is 14.5. The Balaban J connectivity index is 1.49. The summed E-state index contributed by atoms with van der Waals surface area (Å²) >= 11 is 0. The van der Waals surface area contributed by atoms with E-state index in [1.54, 1.807) is 0 Å². The molecule has 0 aliphatic carbocycles. The van der Waals surface area contributed by atoms with Crippen molar-refractivity contribution < 1.29 is 4.79 Å². The van der Waals surface area contributed by atoms with Crippen LogP contribution in [0, 0.1) is 13.8 Å². The fourth-order valence-corrected chi connectivity index (χ4v) is 3.84. The van der Waals surface area contributed by atoms with E-state index in [0.29, 0.717) is 18.4 Å². The van der Waals surface area contributed by atoms with Crippen molar-refractivity contribution in [2.24, 2.45) is 0 Å². The van der Waals surface area contributed by atoms with Crippen LogP contribution in [-0.4, -0.2) is 61.0 Å². The van der Waals surface area contributed by atoms with Crippen molar-refractivity contribution in [3.63, 3.8) is 0 Å². The van der Waals surface area contributed by atoms with Gasteiger partial charge >= 0.3 is 0 Å². The first-order valence-corrected chi connectivity index (χ1v) is 8.92. The van der Waals surface area contributed by atoms with Gasteiger partial charge in [-0.2, -0.15) is 0 Å². The Morgan fingerprint density at radius 2 is 2.00 bits per heavy atom. The maximum absolute atomic E-state index is 12.5. The summed E-state index contributed by atoms with van der Waals surface area (Å²) in [5.74, 6) is 0.322. The Kier molecular flexibility index (Phi) is 5.34. The normalized spacial score (nSPS) is 22.5. The Labute approximate surface area is 139 Å². The van der Waals surface area contributed by atoms with Gasteiger partial charge in [-0.15, -0.1) is 0 Å². The Hall–Kier alpha value is -1.39. The van der Waals surface area contributed by atoms with Crippen LogP contribution in [0.4, 0.5) is 0 Å². The summed E-state index contributed by atoms with van der Waals surface area (Å²) in [6.07, 6.45) is 2.63. The number of carbonyl (C=O) groups is 1. The molecular formula is C19H29N3O. The van der Waals surface area contributed by atoms with Crippen molar-refractivity contribution in [1.29, 1.82) is 0 Å². The van der Waals surface area contributed by atoms with Crippen molar-refractivity contribution in [1.82, 2.24) is 15.1 Å². The Bertz CT molecular complexity index is 552. The van der Waals surface area contributed by atoms with Gasteiger partial charge in [-0.1, -0.05) is 23.8 Å². The zero-order valence-corrected chi connectivity index (χ0v) is 14.5. The van der Waals surface area contributed by atoms with Gasteiger partial charge in [0, 0.05) is 51.7 Å². The molecular weight excluding hydrogens is 286 g/mol. The van der Waals surface area contributed by atoms with Gasteiger partial charge < -0.3 is 10.2 Å². The summed E-state index contributed by atoms with van der Waals surface area (Å²) in [4.78, 5) is 17.1. The number of nitrogens with one attached hydrogen (secondary N) is 1. The lowest BCUT2D eigenvalue weighted by atomic mass is 10.0. The highest BCUT2D eigenvalue weighted by Crippen LogP contribution is 2.18. The molecule has 3 rings (SSSR count). The molecule has 23 heavy (non-hydrogen) atoms. The molecule has 2 saturated heterocycles. The monoisotopic (exact) mass is 315 g/mol. The van der Waals surface area contributed by atoms with Crippen molar-refractivity contribution in [3.8, 4) is 0 Å². The van der Waals surface area contributed by atoms with Gasteiger partial charge in [0.05, 0.1) is 0 Å². The second-order valence-corrected chi connectivity index (χ2v) is 7.00. The fraction of sp³-hybridized carbons (Fsp3) is 0.632. The van der Waals surface area contributed by atoms with Crippen molar-refractivity contribution in [3.05, 3.63) is 34.9 Å². The molecule has 1 aromatic carbocycles. The quantitative estimate of drug-likeness (QED) is 0.919. The predicted octanol–water partition coefficient (Wildman–Crippen LogP) is 1.74. The van der Waals surface area contributed by atoms with Gasteiger partial charge in [0.2, 0.25) is 5.91 Å². The minimum Gasteiger partial charge on any atom is -0.341 e. The van der Waals surface area contributed by atoms with Gasteiger partial charge in [-0.25, -0.2) is 0 Å². The highest BCUT2D eigenvalue weighted by molar-refractivity contribution is 5.76. The molecule has 2 aliphatic rings. The SMILES string of the molecule is Cc1ccc(CCC(=O)N2CCC(N3CCNCC3)C2)c(C)c1. The molecule has 2 aliphatic heterocycles. The minimum atomic E-state index is 0.322. The molecule has 0 bridgehead atoms. The molecule has 1 unspecified atom stereocenters. The highest BCUT2D eigenvalue weighted by Gasteiger charge is 2.30. The molecule has 1 amide bonds. The maximum Gasteiger partial charge on any atom is 0.222 e. The zero-order chi connectivity index (χ0) is 16.2. The molecule has 2 fully saturated rings. The lowest BCUT2D eigenvalue weighted by molar-refractivity contribution is -0.130. The summed E-state index contributed by atoms with van der Waals surface area (Å²) in [6.45, 7) is 10.5. The van der Waals surface area contributed by atoms with E-state index in [9.17, 15) is 4.79 Å². The highest BCUT2D eigenvalue weighted by atomic mass is 16.2. The third-order valence-corrected chi connectivity index (χ3v) is 5.29. The Morgan fingerprint density at radius 3 is 2.74 bits per heavy atom. The van der Waals surface area contributed by atoms with Gasteiger partial charge in [-0.3, -0.25) is 9.69 Å². The molecule has 1 atom stereocenters. The molecule has 4 nitrogen and oxygen atoms in total. The van der Waals surface area contributed by atoms with Crippen LogP contribution < -0.4 is 5.32 Å². The summed E-state index contributed by atoms with van der Waals surface area (Å²) in [5, 5.41) is 3.40. The number of piperazine rings is 1. The molecule has 4 heteroatoms. The van der Waals surface area contributed by atoms with Crippen LogP contribution in [0.3, 0.4) is 0 Å². The first-order chi connectivity index (χ1) is 11.1. The van der Waals surface area contributed by atoms with Gasteiger partial charge in [0.15, 0.2) is 0 Å². The number of nitrogens with zero attached hydrogens (tertiary/aromatic N) is 2. The summed E-state index contributed by atoms with van der Waals surface area (Å²) in [7, 11) is 0. The smallest absolute Gasteiger partial charge is 0.222 e. The van der Waals surface area contributed by atoms with E-state index in [1.165, 1.54) is 16.7 Å². The molecule has 1 N–H and O–H groups in total. The molecule has 0 spiro atoms. The van der Waals surface area contributed by atoms with Crippen molar-refractivity contribution >= 4 is 5.91 Å². The van der Waals surface area contributed by atoms with Crippen LogP contribution in [0.5, 0.6) is 0 Å². The van der Waals surface area contributed by atoms with Crippen LogP contribution in [-0.2, 0) is 11.2 Å². The number of hydrogen-bond donors (Lipinski definition) is 1.